The summed E-state index contributed by atoms with van der Waals surface area (Å²) < 4.78 is 33.7. The zero-order chi connectivity index (χ0) is 28.8. The Morgan fingerprint density at radius 1 is 1.05 bits per heavy atom. The summed E-state index contributed by atoms with van der Waals surface area (Å²) in [6.07, 6.45) is 1.82. The lowest BCUT2D eigenvalue weighted by atomic mass is 10.0. The van der Waals surface area contributed by atoms with Gasteiger partial charge in [-0.1, -0.05) is 37.3 Å². The Morgan fingerprint density at radius 3 is 2.35 bits per heavy atom. The molecular weight excluding hydrogens is 528 g/mol. The minimum atomic E-state index is -3.66. The number of aromatic nitrogens is 4. The van der Waals surface area contributed by atoms with E-state index in [1.54, 1.807) is 64.2 Å². The van der Waals surface area contributed by atoms with Gasteiger partial charge in [0.2, 0.25) is 9.84 Å². The summed E-state index contributed by atoms with van der Waals surface area (Å²) in [5, 5.41) is 5.49. The van der Waals surface area contributed by atoms with E-state index in [4.69, 9.17) is 15.6 Å². The number of nitrogens with zero attached hydrogens (tertiary/aromatic N) is 5. The molecule has 2 aromatic carbocycles. The molecule has 1 amide bonds. The van der Waals surface area contributed by atoms with Gasteiger partial charge in [-0.3, -0.25) is 0 Å². The lowest BCUT2D eigenvalue weighted by Gasteiger charge is -2.31. The van der Waals surface area contributed by atoms with Crippen molar-refractivity contribution in [3.63, 3.8) is 0 Å². The maximum atomic E-state index is 13.1. The zero-order valence-corrected chi connectivity index (χ0v) is 24.1. The number of hydrogen-bond acceptors (Lipinski definition) is 8. The summed E-state index contributed by atoms with van der Waals surface area (Å²) in [5.41, 5.74) is 7.47. The second-order valence-electron chi connectivity index (χ2n) is 11.4. The summed E-state index contributed by atoms with van der Waals surface area (Å²) in [6.45, 7) is 10.3. The molecular formula is C29H34N6O4S. The number of sulfone groups is 1. The van der Waals surface area contributed by atoms with Crippen molar-refractivity contribution in [2.24, 2.45) is 5.92 Å². The molecule has 4 aromatic rings. The zero-order valence-electron chi connectivity index (χ0n) is 23.3. The molecule has 0 spiro atoms. The number of anilines is 1. The molecule has 0 radical (unpaired) electrons. The van der Waals surface area contributed by atoms with Crippen molar-refractivity contribution >= 4 is 32.8 Å². The molecule has 2 N–H and O–H groups in total. The van der Waals surface area contributed by atoms with Crippen LogP contribution in [-0.4, -0.2) is 57.3 Å². The monoisotopic (exact) mass is 562 g/mol. The predicted octanol–water partition coefficient (Wildman–Crippen LogP) is 5.11. The summed E-state index contributed by atoms with van der Waals surface area (Å²) in [5.74, 6) is 0.559. The fourth-order valence-corrected chi connectivity index (χ4v) is 6.53. The quantitative estimate of drug-likeness (QED) is 0.355. The SMILES string of the molecule is CC1CC(C(C)n2nc(-c3ccc(S(=O)(=O)c4ccccc4)cc3)c3c(N)ncnc32)N(C(=O)OC(C)(C)C)C1. The van der Waals surface area contributed by atoms with Crippen LogP contribution in [0, 0.1) is 5.92 Å². The molecule has 0 bridgehead atoms. The molecule has 5 rings (SSSR count). The molecule has 3 atom stereocenters. The van der Waals surface area contributed by atoms with E-state index in [1.807, 2.05) is 27.7 Å². The van der Waals surface area contributed by atoms with Gasteiger partial charge in [0.1, 0.15) is 23.4 Å². The number of carbonyl (C=O) groups is 1. The number of rotatable bonds is 5. The molecule has 40 heavy (non-hydrogen) atoms. The smallest absolute Gasteiger partial charge is 0.410 e. The number of nitrogens with two attached hydrogens (primary N) is 1. The number of amides is 1. The first kappa shape index (κ1) is 27.6. The third-order valence-corrected chi connectivity index (χ3v) is 8.92. The van der Waals surface area contributed by atoms with Crippen molar-refractivity contribution in [2.45, 2.75) is 68.5 Å². The van der Waals surface area contributed by atoms with Crippen LogP contribution in [0.15, 0.2) is 70.7 Å². The van der Waals surface area contributed by atoms with Gasteiger partial charge in [-0.25, -0.2) is 27.9 Å². The van der Waals surface area contributed by atoms with Crippen LogP contribution in [-0.2, 0) is 14.6 Å². The molecule has 1 aliphatic heterocycles. The Labute approximate surface area is 234 Å². The van der Waals surface area contributed by atoms with Crippen LogP contribution in [0.5, 0.6) is 0 Å². The first-order valence-corrected chi connectivity index (χ1v) is 14.7. The molecule has 1 saturated heterocycles. The van der Waals surface area contributed by atoms with Gasteiger partial charge in [-0.2, -0.15) is 5.10 Å². The second-order valence-corrected chi connectivity index (χ2v) is 13.3. The van der Waals surface area contributed by atoms with Crippen molar-refractivity contribution in [3.05, 3.63) is 60.9 Å². The lowest BCUT2D eigenvalue weighted by Crippen LogP contribution is -2.43. The van der Waals surface area contributed by atoms with Crippen molar-refractivity contribution in [1.82, 2.24) is 24.6 Å². The molecule has 11 heteroatoms. The number of likely N-dealkylation sites (tertiary alicyclic amines) is 1. The molecule has 3 heterocycles. The van der Waals surface area contributed by atoms with Gasteiger partial charge in [-0.05, 0) is 64.3 Å². The van der Waals surface area contributed by atoms with Gasteiger partial charge < -0.3 is 15.4 Å². The number of carbonyl (C=O) groups excluding carboxylic acids is 1. The van der Waals surface area contributed by atoms with E-state index in [2.05, 4.69) is 16.9 Å². The van der Waals surface area contributed by atoms with Crippen LogP contribution >= 0.6 is 0 Å². The standard InChI is InChI=1S/C29H34N6O4S/c1-18-15-23(34(16-18)28(36)39-29(3,4)5)19(2)35-27-24(26(30)31-17-32-27)25(33-35)20-11-13-22(14-12-20)40(37,38)21-9-7-6-8-10-21/h6-14,17-19,23H,15-16H2,1-5H3,(H2,30,31,32). The van der Waals surface area contributed by atoms with E-state index in [0.29, 0.717) is 34.8 Å². The summed E-state index contributed by atoms with van der Waals surface area (Å²) >= 11 is 0. The first-order chi connectivity index (χ1) is 18.9. The maximum absolute atomic E-state index is 13.1. The molecule has 210 valence electrons. The van der Waals surface area contributed by atoms with E-state index < -0.39 is 15.4 Å². The molecule has 2 aromatic heterocycles. The van der Waals surface area contributed by atoms with Crippen molar-refractivity contribution in [3.8, 4) is 11.3 Å². The highest BCUT2D eigenvalue weighted by atomic mass is 32.2. The van der Waals surface area contributed by atoms with Gasteiger partial charge in [0.15, 0.2) is 5.65 Å². The minimum absolute atomic E-state index is 0.171. The van der Waals surface area contributed by atoms with Crippen molar-refractivity contribution in [2.75, 3.05) is 12.3 Å². The Kier molecular flexibility index (Phi) is 7.03. The molecule has 0 aliphatic carbocycles. The highest BCUT2D eigenvalue weighted by molar-refractivity contribution is 7.91. The van der Waals surface area contributed by atoms with Crippen LogP contribution in [0.1, 0.15) is 47.1 Å². The van der Waals surface area contributed by atoms with E-state index in [9.17, 15) is 13.2 Å². The first-order valence-electron chi connectivity index (χ1n) is 13.3. The van der Waals surface area contributed by atoms with Crippen LogP contribution in [0.25, 0.3) is 22.3 Å². The van der Waals surface area contributed by atoms with Crippen LogP contribution in [0.4, 0.5) is 10.6 Å². The van der Waals surface area contributed by atoms with E-state index in [-0.39, 0.29) is 33.8 Å². The van der Waals surface area contributed by atoms with E-state index in [0.717, 1.165) is 6.42 Å². The molecule has 0 saturated carbocycles. The Bertz CT molecular complexity index is 1650. The van der Waals surface area contributed by atoms with Gasteiger partial charge in [0.05, 0.1) is 27.3 Å². The average molecular weight is 563 g/mol. The summed E-state index contributed by atoms with van der Waals surface area (Å²) in [6, 6.07) is 14.4. The van der Waals surface area contributed by atoms with Crippen LogP contribution in [0.2, 0.25) is 0 Å². The number of nitrogen functional groups attached to an aromatic ring is 1. The average Bonchev–Trinajstić information content (AvgIpc) is 3.50. The maximum Gasteiger partial charge on any atom is 0.410 e. The van der Waals surface area contributed by atoms with Gasteiger partial charge in [0, 0.05) is 12.1 Å². The van der Waals surface area contributed by atoms with Crippen LogP contribution in [0.3, 0.4) is 0 Å². The molecule has 1 aliphatic rings. The molecule has 1 fully saturated rings. The Hall–Kier alpha value is -3.99. The van der Waals surface area contributed by atoms with Gasteiger partial charge in [-0.15, -0.1) is 0 Å². The van der Waals surface area contributed by atoms with Gasteiger partial charge >= 0.3 is 6.09 Å². The molecule has 10 nitrogen and oxygen atoms in total. The van der Waals surface area contributed by atoms with Gasteiger partial charge in [0.25, 0.3) is 0 Å². The topological polar surface area (TPSA) is 133 Å². The molecule has 3 unspecified atom stereocenters. The lowest BCUT2D eigenvalue weighted by molar-refractivity contribution is 0.0182. The van der Waals surface area contributed by atoms with Crippen LogP contribution < -0.4 is 5.73 Å². The number of hydrogen-bond donors (Lipinski definition) is 1. The Balaban J connectivity index is 1.53. The third kappa shape index (κ3) is 5.13. The second kappa shape index (κ2) is 10.2. The third-order valence-electron chi connectivity index (χ3n) is 7.13. The summed E-state index contributed by atoms with van der Waals surface area (Å²) in [7, 11) is -3.66. The highest BCUT2D eigenvalue weighted by Crippen LogP contribution is 2.37. The van der Waals surface area contributed by atoms with Crippen molar-refractivity contribution < 1.29 is 17.9 Å². The summed E-state index contributed by atoms with van der Waals surface area (Å²) in [4.78, 5) is 24.0. The largest absolute Gasteiger partial charge is 0.444 e. The number of benzene rings is 2. The van der Waals surface area contributed by atoms with Crippen molar-refractivity contribution in [1.29, 1.82) is 0 Å². The predicted molar refractivity (Wildman–Crippen MR) is 152 cm³/mol. The normalized spacial score (nSPS) is 18.7. The fraction of sp³-hybridized carbons (Fsp3) is 0.379. The number of fused-ring (bicyclic) bond motifs is 1. The fourth-order valence-electron chi connectivity index (χ4n) is 5.25. The van der Waals surface area contributed by atoms with E-state index in [1.165, 1.54) is 6.33 Å². The Morgan fingerprint density at radius 2 is 1.70 bits per heavy atom. The van der Waals surface area contributed by atoms with E-state index >= 15 is 0 Å². The number of ether oxygens (including phenoxy) is 1. The highest BCUT2D eigenvalue weighted by Gasteiger charge is 2.40. The minimum Gasteiger partial charge on any atom is -0.444 e.